The maximum Gasteiger partial charge on any atom is 0.319 e. The Balaban J connectivity index is 1.26. The molecule has 2 fully saturated rings. The molecule has 1 aromatic rings. The van der Waals surface area contributed by atoms with Crippen LogP contribution in [0.25, 0.3) is 0 Å². The van der Waals surface area contributed by atoms with E-state index in [0.29, 0.717) is 12.1 Å². The van der Waals surface area contributed by atoms with E-state index < -0.39 is 0 Å². The Morgan fingerprint density at radius 2 is 1.96 bits per heavy atom. The maximum atomic E-state index is 12.5. The van der Waals surface area contributed by atoms with Crippen LogP contribution in [-0.4, -0.2) is 36.5 Å². The van der Waals surface area contributed by atoms with Crippen LogP contribution in [0, 0.1) is 24.7 Å². The Morgan fingerprint density at radius 1 is 1.15 bits per heavy atom. The van der Waals surface area contributed by atoms with Crippen LogP contribution in [0.4, 0.5) is 10.5 Å². The van der Waals surface area contributed by atoms with Crippen molar-refractivity contribution in [3.05, 3.63) is 41.5 Å². The quantitative estimate of drug-likeness (QED) is 0.774. The molecule has 2 bridgehead atoms. The number of carbonyl (C=O) groups excluding carboxylic acids is 2. The molecule has 1 saturated carbocycles. The predicted molar refractivity (Wildman–Crippen MR) is 107 cm³/mol. The molecule has 27 heavy (non-hydrogen) atoms. The molecule has 1 aliphatic heterocycles. The normalized spacial score (nSPS) is 25.8. The fraction of sp³-hybridized carbons (Fsp3) is 0.545. The number of hydrogen-bond donors (Lipinski definition) is 2. The minimum Gasteiger partial charge on any atom is -0.339 e. The summed E-state index contributed by atoms with van der Waals surface area (Å²) in [7, 11) is 0. The first-order chi connectivity index (χ1) is 13.1. The van der Waals surface area contributed by atoms with Gasteiger partial charge in [-0.15, -0.1) is 0 Å². The van der Waals surface area contributed by atoms with Crippen molar-refractivity contribution < 1.29 is 9.59 Å². The molecule has 0 aromatic heterocycles. The van der Waals surface area contributed by atoms with Crippen molar-refractivity contribution in [1.82, 2.24) is 10.2 Å². The zero-order valence-corrected chi connectivity index (χ0v) is 16.0. The molecule has 0 radical (unpaired) electrons. The second-order valence-electron chi connectivity index (χ2n) is 8.24. The first-order valence-electron chi connectivity index (χ1n) is 10.2. The Kier molecular flexibility index (Phi) is 5.19. The molecule has 1 heterocycles. The van der Waals surface area contributed by atoms with Gasteiger partial charge in [-0.05, 0) is 80.5 Å². The van der Waals surface area contributed by atoms with Gasteiger partial charge in [0.15, 0.2) is 0 Å². The molecule has 1 saturated heterocycles. The highest BCUT2D eigenvalue weighted by Crippen LogP contribution is 2.44. The minimum atomic E-state index is -0.171. The number of aryl methyl sites for hydroxylation is 1. The number of likely N-dealkylation sites (tertiary alicyclic amines) is 1. The van der Waals surface area contributed by atoms with Crippen molar-refractivity contribution in [2.24, 2.45) is 17.8 Å². The van der Waals surface area contributed by atoms with E-state index in [1.807, 2.05) is 30.0 Å². The fourth-order valence-electron chi connectivity index (χ4n) is 4.80. The summed E-state index contributed by atoms with van der Waals surface area (Å²) >= 11 is 0. The Morgan fingerprint density at radius 3 is 2.63 bits per heavy atom. The third-order valence-electron chi connectivity index (χ3n) is 6.33. The van der Waals surface area contributed by atoms with E-state index in [4.69, 9.17) is 0 Å². The lowest BCUT2D eigenvalue weighted by atomic mass is 9.91. The SMILES string of the molecule is Cc1cc(C(=O)N2CCCC2)ccc1NC(=O)NCCC1CC2C=CC1C2. The highest BCUT2D eigenvalue weighted by molar-refractivity contribution is 5.96. The van der Waals surface area contributed by atoms with E-state index in [1.165, 1.54) is 12.8 Å². The van der Waals surface area contributed by atoms with Crippen LogP contribution in [0.1, 0.15) is 48.0 Å². The summed E-state index contributed by atoms with van der Waals surface area (Å²) in [4.78, 5) is 26.6. The summed E-state index contributed by atoms with van der Waals surface area (Å²) < 4.78 is 0. The van der Waals surface area contributed by atoms with Gasteiger partial charge in [0, 0.05) is 30.9 Å². The molecule has 3 aliphatic rings. The number of hydrogen-bond acceptors (Lipinski definition) is 2. The fourth-order valence-corrected chi connectivity index (χ4v) is 4.80. The standard InChI is InChI=1S/C22H29N3O2/c1-15-12-19(21(26)25-10-2-3-11-25)6-7-20(15)24-22(27)23-9-8-18-14-16-4-5-17(18)13-16/h4-7,12,16-18H,2-3,8-11,13-14H2,1H3,(H2,23,24,27). The Bertz CT molecular complexity index is 752. The number of carbonyl (C=O) groups is 2. The third-order valence-corrected chi connectivity index (χ3v) is 6.33. The van der Waals surface area contributed by atoms with Gasteiger partial charge in [-0.1, -0.05) is 12.2 Å². The molecule has 0 spiro atoms. The van der Waals surface area contributed by atoms with E-state index >= 15 is 0 Å². The van der Waals surface area contributed by atoms with Crippen LogP contribution in [-0.2, 0) is 0 Å². The number of amides is 3. The van der Waals surface area contributed by atoms with Gasteiger partial charge in [0.05, 0.1) is 0 Å². The van der Waals surface area contributed by atoms with E-state index in [0.717, 1.165) is 61.4 Å². The van der Waals surface area contributed by atoms with Gasteiger partial charge in [-0.3, -0.25) is 4.79 Å². The Labute approximate surface area is 161 Å². The van der Waals surface area contributed by atoms with Crippen molar-refractivity contribution in [2.45, 2.75) is 39.0 Å². The monoisotopic (exact) mass is 367 g/mol. The van der Waals surface area contributed by atoms with E-state index in [1.54, 1.807) is 0 Å². The predicted octanol–water partition coefficient (Wildman–Crippen LogP) is 3.95. The Hall–Kier alpha value is -2.30. The topological polar surface area (TPSA) is 61.4 Å². The summed E-state index contributed by atoms with van der Waals surface area (Å²) in [5, 5.41) is 5.89. The average Bonchev–Trinajstić information content (AvgIpc) is 3.41. The number of urea groups is 1. The summed E-state index contributed by atoms with van der Waals surface area (Å²) in [5.41, 5.74) is 2.37. The van der Waals surface area contributed by atoms with Crippen LogP contribution < -0.4 is 10.6 Å². The molecule has 3 amide bonds. The molecule has 2 N–H and O–H groups in total. The van der Waals surface area contributed by atoms with Gasteiger partial charge in [0.2, 0.25) is 0 Å². The van der Waals surface area contributed by atoms with Crippen LogP contribution in [0.5, 0.6) is 0 Å². The van der Waals surface area contributed by atoms with E-state index in [2.05, 4.69) is 22.8 Å². The molecule has 5 heteroatoms. The highest BCUT2D eigenvalue weighted by Gasteiger charge is 2.34. The minimum absolute atomic E-state index is 0.0894. The molecular weight excluding hydrogens is 338 g/mol. The number of benzene rings is 1. The number of rotatable bonds is 5. The van der Waals surface area contributed by atoms with Crippen molar-refractivity contribution in [3.8, 4) is 0 Å². The molecule has 5 nitrogen and oxygen atoms in total. The van der Waals surface area contributed by atoms with Crippen molar-refractivity contribution >= 4 is 17.6 Å². The lowest BCUT2D eigenvalue weighted by Crippen LogP contribution is -2.31. The van der Waals surface area contributed by atoms with Crippen LogP contribution >= 0.6 is 0 Å². The molecule has 1 aromatic carbocycles. The molecule has 3 atom stereocenters. The molecule has 3 unspecified atom stereocenters. The van der Waals surface area contributed by atoms with Gasteiger partial charge in [-0.2, -0.15) is 0 Å². The first-order valence-corrected chi connectivity index (χ1v) is 10.2. The number of anilines is 1. The summed E-state index contributed by atoms with van der Waals surface area (Å²) in [5.74, 6) is 2.31. The van der Waals surface area contributed by atoms with Gasteiger partial charge in [0.25, 0.3) is 5.91 Å². The summed E-state index contributed by atoms with van der Waals surface area (Å²) in [6.45, 7) is 4.33. The van der Waals surface area contributed by atoms with Gasteiger partial charge in [0.1, 0.15) is 0 Å². The number of nitrogens with zero attached hydrogens (tertiary/aromatic N) is 1. The lowest BCUT2D eigenvalue weighted by Gasteiger charge is -2.18. The first kappa shape index (κ1) is 18.1. The highest BCUT2D eigenvalue weighted by atomic mass is 16.2. The van der Waals surface area contributed by atoms with Crippen LogP contribution in [0.3, 0.4) is 0 Å². The van der Waals surface area contributed by atoms with Crippen molar-refractivity contribution in [3.63, 3.8) is 0 Å². The zero-order chi connectivity index (χ0) is 18.8. The van der Waals surface area contributed by atoms with Crippen LogP contribution in [0.2, 0.25) is 0 Å². The van der Waals surface area contributed by atoms with Gasteiger partial charge >= 0.3 is 6.03 Å². The number of fused-ring (bicyclic) bond motifs is 2. The smallest absolute Gasteiger partial charge is 0.319 e. The zero-order valence-electron chi connectivity index (χ0n) is 16.0. The van der Waals surface area contributed by atoms with Crippen LogP contribution in [0.15, 0.2) is 30.4 Å². The summed E-state index contributed by atoms with van der Waals surface area (Å²) in [6, 6.07) is 5.34. The maximum absolute atomic E-state index is 12.5. The molecule has 4 rings (SSSR count). The molecule has 144 valence electrons. The van der Waals surface area contributed by atoms with Crippen molar-refractivity contribution in [1.29, 1.82) is 0 Å². The lowest BCUT2D eigenvalue weighted by molar-refractivity contribution is 0.0792. The van der Waals surface area contributed by atoms with Crippen molar-refractivity contribution in [2.75, 3.05) is 25.0 Å². The second-order valence-corrected chi connectivity index (χ2v) is 8.24. The summed E-state index contributed by atoms with van der Waals surface area (Å²) in [6.07, 6.45) is 10.5. The van der Waals surface area contributed by atoms with Gasteiger partial charge in [-0.25, -0.2) is 4.79 Å². The largest absolute Gasteiger partial charge is 0.339 e. The molecule has 2 aliphatic carbocycles. The second kappa shape index (κ2) is 7.75. The molecular formula is C22H29N3O2. The van der Waals surface area contributed by atoms with Gasteiger partial charge < -0.3 is 15.5 Å². The van der Waals surface area contributed by atoms with E-state index in [9.17, 15) is 9.59 Å². The third kappa shape index (κ3) is 4.02. The van der Waals surface area contributed by atoms with E-state index in [-0.39, 0.29) is 11.9 Å². The number of allylic oxidation sites excluding steroid dienone is 2. The average molecular weight is 367 g/mol. The number of nitrogens with one attached hydrogen (secondary N) is 2.